The van der Waals surface area contributed by atoms with Crippen molar-refractivity contribution in [3.63, 3.8) is 0 Å². The molecule has 0 spiro atoms. The van der Waals surface area contributed by atoms with Crippen LogP contribution in [0.3, 0.4) is 0 Å². The standard InChI is InChI=1S/C31H24BrFN4O4/c1-40-12-11-37-28-16-21(31(38)39)8-10-27(28)35-29(37)15-19-6-9-23(24(32)13-19)26-3-2-4-30(36-26)41-18-22-7-5-20(17-34)14-25(22)33/h2-10,13-14,16H,11-12,15,18H2,1H3,(H,38,39). The molecule has 0 bridgehead atoms. The molecule has 41 heavy (non-hydrogen) atoms. The number of pyridine rings is 1. The number of rotatable bonds is 10. The van der Waals surface area contributed by atoms with Crippen LogP contribution in [-0.2, 0) is 24.3 Å². The van der Waals surface area contributed by atoms with Crippen LogP contribution in [0.2, 0.25) is 0 Å². The van der Waals surface area contributed by atoms with Gasteiger partial charge in [-0.2, -0.15) is 5.26 Å². The number of aromatic nitrogens is 3. The van der Waals surface area contributed by atoms with E-state index >= 15 is 0 Å². The Labute approximate surface area is 243 Å². The summed E-state index contributed by atoms with van der Waals surface area (Å²) in [5.74, 6) is -0.355. The van der Waals surface area contributed by atoms with Crippen LogP contribution in [0.1, 0.15) is 32.9 Å². The van der Waals surface area contributed by atoms with Gasteiger partial charge in [0, 0.05) is 41.7 Å². The molecule has 2 heterocycles. The summed E-state index contributed by atoms with van der Waals surface area (Å²) < 4.78 is 28.1. The molecule has 0 amide bonds. The number of benzene rings is 3. The Balaban J connectivity index is 1.36. The Bertz CT molecular complexity index is 1800. The number of hydrogen-bond acceptors (Lipinski definition) is 6. The molecule has 0 saturated carbocycles. The van der Waals surface area contributed by atoms with Crippen LogP contribution < -0.4 is 4.74 Å². The van der Waals surface area contributed by atoms with Crippen LogP contribution in [-0.4, -0.2) is 39.3 Å². The number of carboxylic acid groups (broad SMARTS) is 1. The van der Waals surface area contributed by atoms with Gasteiger partial charge < -0.3 is 19.1 Å². The Hall–Kier alpha value is -4.59. The van der Waals surface area contributed by atoms with E-state index < -0.39 is 11.8 Å². The number of fused-ring (bicyclic) bond motifs is 1. The van der Waals surface area contributed by atoms with Gasteiger partial charge >= 0.3 is 5.97 Å². The summed E-state index contributed by atoms with van der Waals surface area (Å²) in [4.78, 5) is 20.9. The maximum absolute atomic E-state index is 14.2. The third kappa shape index (κ3) is 6.27. The molecule has 0 unspecified atom stereocenters. The monoisotopic (exact) mass is 614 g/mol. The molecule has 10 heteroatoms. The van der Waals surface area contributed by atoms with E-state index in [1.807, 2.05) is 41.0 Å². The first-order chi connectivity index (χ1) is 19.9. The lowest BCUT2D eigenvalue weighted by atomic mass is 10.1. The minimum absolute atomic E-state index is 0.0217. The van der Waals surface area contributed by atoms with Crippen molar-refractivity contribution in [1.82, 2.24) is 14.5 Å². The molecule has 8 nitrogen and oxygen atoms in total. The van der Waals surface area contributed by atoms with Gasteiger partial charge in [-0.25, -0.2) is 19.2 Å². The van der Waals surface area contributed by atoms with Gasteiger partial charge in [-0.05, 0) is 48.0 Å². The minimum Gasteiger partial charge on any atom is -0.478 e. The summed E-state index contributed by atoms with van der Waals surface area (Å²) in [5.41, 5.74) is 4.77. The number of carboxylic acids is 1. The van der Waals surface area contributed by atoms with Crippen molar-refractivity contribution in [2.75, 3.05) is 13.7 Å². The molecule has 2 aromatic heterocycles. The molecule has 1 N–H and O–H groups in total. The molecule has 0 fully saturated rings. The largest absolute Gasteiger partial charge is 0.478 e. The van der Waals surface area contributed by atoms with Crippen LogP contribution in [0, 0.1) is 17.1 Å². The third-order valence-corrected chi connectivity index (χ3v) is 7.20. The molecule has 0 aliphatic heterocycles. The molecular formula is C31H24BrFN4O4. The number of aromatic carboxylic acids is 1. The van der Waals surface area contributed by atoms with Gasteiger partial charge in [0.1, 0.15) is 18.2 Å². The predicted octanol–water partition coefficient (Wildman–Crippen LogP) is 6.39. The predicted molar refractivity (Wildman–Crippen MR) is 154 cm³/mol. The van der Waals surface area contributed by atoms with Gasteiger partial charge in [-0.3, -0.25) is 0 Å². The van der Waals surface area contributed by atoms with E-state index in [0.29, 0.717) is 36.7 Å². The fourth-order valence-corrected chi connectivity index (χ4v) is 5.09. The Kier molecular flexibility index (Phi) is 8.38. The third-order valence-electron chi connectivity index (χ3n) is 6.55. The topological polar surface area (TPSA) is 110 Å². The molecule has 5 rings (SSSR count). The van der Waals surface area contributed by atoms with E-state index in [-0.39, 0.29) is 17.7 Å². The fourth-order valence-electron chi connectivity index (χ4n) is 4.46. The first-order valence-electron chi connectivity index (χ1n) is 12.6. The maximum atomic E-state index is 14.2. The number of carbonyl (C=O) groups is 1. The zero-order valence-electron chi connectivity index (χ0n) is 22.0. The van der Waals surface area contributed by atoms with Crippen molar-refractivity contribution in [3.8, 4) is 23.2 Å². The van der Waals surface area contributed by atoms with Crippen LogP contribution in [0.15, 0.2) is 77.3 Å². The lowest BCUT2D eigenvalue weighted by molar-refractivity contribution is 0.0697. The zero-order valence-corrected chi connectivity index (χ0v) is 23.6. The Morgan fingerprint density at radius 3 is 2.68 bits per heavy atom. The van der Waals surface area contributed by atoms with E-state index in [9.17, 15) is 14.3 Å². The van der Waals surface area contributed by atoms with Crippen molar-refractivity contribution >= 4 is 32.9 Å². The van der Waals surface area contributed by atoms with E-state index in [1.165, 1.54) is 12.1 Å². The summed E-state index contributed by atoms with van der Waals surface area (Å²) >= 11 is 3.67. The molecule has 0 saturated heterocycles. The highest BCUT2D eigenvalue weighted by atomic mass is 79.9. The number of ether oxygens (including phenoxy) is 2. The van der Waals surface area contributed by atoms with Gasteiger partial charge in [-0.15, -0.1) is 0 Å². The quantitative estimate of drug-likeness (QED) is 0.194. The fraction of sp³-hybridized carbons (Fsp3) is 0.161. The van der Waals surface area contributed by atoms with Gasteiger partial charge in [0.05, 0.1) is 40.5 Å². The first-order valence-corrected chi connectivity index (χ1v) is 13.4. The summed E-state index contributed by atoms with van der Waals surface area (Å²) in [6, 6.07) is 22.4. The lowest BCUT2D eigenvalue weighted by Crippen LogP contribution is -2.09. The minimum atomic E-state index is -0.989. The smallest absolute Gasteiger partial charge is 0.335 e. The van der Waals surface area contributed by atoms with Crippen molar-refractivity contribution in [1.29, 1.82) is 5.26 Å². The van der Waals surface area contributed by atoms with Crippen molar-refractivity contribution in [2.45, 2.75) is 19.6 Å². The molecule has 0 aliphatic rings. The second kappa shape index (κ2) is 12.3. The van der Waals surface area contributed by atoms with Crippen molar-refractivity contribution in [3.05, 3.63) is 111 Å². The van der Waals surface area contributed by atoms with Crippen molar-refractivity contribution < 1.29 is 23.8 Å². The average molecular weight is 615 g/mol. The SMILES string of the molecule is COCCn1c(Cc2ccc(-c3cccc(OCc4ccc(C#N)cc4F)n3)c(Br)c2)nc2ccc(C(=O)O)cc21. The highest BCUT2D eigenvalue weighted by Gasteiger charge is 2.15. The van der Waals surface area contributed by atoms with Crippen LogP contribution in [0.25, 0.3) is 22.3 Å². The Morgan fingerprint density at radius 2 is 1.95 bits per heavy atom. The average Bonchev–Trinajstić information content (AvgIpc) is 3.31. The summed E-state index contributed by atoms with van der Waals surface area (Å²) in [7, 11) is 1.62. The second-order valence-electron chi connectivity index (χ2n) is 9.24. The maximum Gasteiger partial charge on any atom is 0.335 e. The molecule has 3 aromatic carbocycles. The molecule has 0 aliphatic carbocycles. The van der Waals surface area contributed by atoms with E-state index in [4.69, 9.17) is 19.7 Å². The van der Waals surface area contributed by atoms with E-state index in [2.05, 4.69) is 20.9 Å². The van der Waals surface area contributed by atoms with Gasteiger partial charge in [-0.1, -0.05) is 40.2 Å². The summed E-state index contributed by atoms with van der Waals surface area (Å²) in [5, 5.41) is 18.4. The molecule has 0 radical (unpaired) electrons. The Morgan fingerprint density at radius 1 is 1.10 bits per heavy atom. The number of halogens is 2. The van der Waals surface area contributed by atoms with Crippen molar-refractivity contribution in [2.24, 2.45) is 0 Å². The number of methoxy groups -OCH3 is 1. The van der Waals surface area contributed by atoms with Gasteiger partial charge in [0.25, 0.3) is 0 Å². The zero-order chi connectivity index (χ0) is 28.9. The number of hydrogen-bond donors (Lipinski definition) is 1. The molecular weight excluding hydrogens is 591 g/mol. The van der Waals surface area contributed by atoms with Crippen LogP contribution >= 0.6 is 15.9 Å². The summed E-state index contributed by atoms with van der Waals surface area (Å²) in [6.45, 7) is 0.972. The second-order valence-corrected chi connectivity index (χ2v) is 10.1. The number of nitriles is 1. The summed E-state index contributed by atoms with van der Waals surface area (Å²) in [6.07, 6.45) is 0.520. The van der Waals surface area contributed by atoms with Gasteiger partial charge in [0.15, 0.2) is 0 Å². The van der Waals surface area contributed by atoms with E-state index in [1.54, 1.807) is 37.4 Å². The molecule has 5 aromatic rings. The highest BCUT2D eigenvalue weighted by molar-refractivity contribution is 9.10. The van der Waals surface area contributed by atoms with E-state index in [0.717, 1.165) is 32.5 Å². The van der Waals surface area contributed by atoms with Crippen LogP contribution in [0.5, 0.6) is 5.88 Å². The lowest BCUT2D eigenvalue weighted by Gasteiger charge is -2.11. The normalized spacial score (nSPS) is 11.0. The van der Waals surface area contributed by atoms with Gasteiger partial charge in [0.2, 0.25) is 5.88 Å². The number of nitrogens with zero attached hydrogens (tertiary/aromatic N) is 4. The number of imidazole rings is 1. The van der Waals surface area contributed by atoms with Crippen LogP contribution in [0.4, 0.5) is 4.39 Å². The molecule has 206 valence electrons. The first kappa shape index (κ1) is 28.0. The molecule has 0 atom stereocenters. The highest BCUT2D eigenvalue weighted by Crippen LogP contribution is 2.30.